The van der Waals surface area contributed by atoms with Gasteiger partial charge in [0, 0.05) is 26.3 Å². The van der Waals surface area contributed by atoms with Crippen molar-refractivity contribution in [2.45, 2.75) is 19.8 Å². The molecule has 4 nitrogen and oxygen atoms in total. The number of carbonyl (C=O) groups excluding carboxylic acids is 2. The van der Waals surface area contributed by atoms with E-state index in [0.717, 1.165) is 4.47 Å². The second-order valence-corrected chi connectivity index (χ2v) is 9.06. The van der Waals surface area contributed by atoms with E-state index >= 15 is 0 Å². The quantitative estimate of drug-likeness (QED) is 0.491. The number of Topliss-reactive ketones (excluding diaryl/α,β-unsaturated/α-hetero) is 2. The Morgan fingerprint density at radius 3 is 2.47 bits per heavy atom. The summed E-state index contributed by atoms with van der Waals surface area (Å²) < 4.78 is 0.898. The minimum Gasteiger partial charge on any atom is -0.353 e. The molecule has 0 amide bonds. The van der Waals surface area contributed by atoms with Crippen LogP contribution in [0.3, 0.4) is 0 Å². The molecule has 1 heterocycles. The Kier molecular flexibility index (Phi) is 7.19. The number of hydrogen-bond donors (Lipinski definition) is 1. The van der Waals surface area contributed by atoms with E-state index in [9.17, 15) is 14.9 Å². The molecule has 0 fully saturated rings. The number of nitriles is 1. The number of rotatable bonds is 6. The van der Waals surface area contributed by atoms with Gasteiger partial charge in [-0.15, -0.1) is 0 Å². The molecule has 7 heteroatoms. The van der Waals surface area contributed by atoms with E-state index in [-0.39, 0.29) is 17.3 Å². The number of allylic oxidation sites excluding steroid dienone is 3. The van der Waals surface area contributed by atoms with Gasteiger partial charge in [-0.1, -0.05) is 69.6 Å². The summed E-state index contributed by atoms with van der Waals surface area (Å²) in [6.07, 6.45) is 0. The lowest BCUT2D eigenvalue weighted by atomic mass is 9.81. The fraction of sp³-hybridized carbons (Fsp3) is 0.174. The highest BCUT2D eigenvalue weighted by molar-refractivity contribution is 9.10. The van der Waals surface area contributed by atoms with Gasteiger partial charge in [-0.05, 0) is 37.6 Å². The molecule has 0 radical (unpaired) electrons. The summed E-state index contributed by atoms with van der Waals surface area (Å²) in [5, 5.41) is 14.2. The SMILES string of the molecule is CC(=O)C1=C(C)NC(SCC(=O)c2ccc(Br)cc2)=C(C#N)C1c1ccccc1Cl. The van der Waals surface area contributed by atoms with Crippen LogP contribution in [0, 0.1) is 11.3 Å². The van der Waals surface area contributed by atoms with Crippen LogP contribution >= 0.6 is 39.3 Å². The van der Waals surface area contributed by atoms with Crippen LogP contribution in [0.25, 0.3) is 0 Å². The Bertz CT molecular complexity index is 1120. The van der Waals surface area contributed by atoms with E-state index in [4.69, 9.17) is 11.6 Å². The molecule has 0 bridgehead atoms. The van der Waals surface area contributed by atoms with Crippen molar-refractivity contribution >= 4 is 50.9 Å². The van der Waals surface area contributed by atoms with Crippen molar-refractivity contribution in [1.29, 1.82) is 5.26 Å². The molecule has 152 valence electrons. The van der Waals surface area contributed by atoms with Gasteiger partial charge in [0.2, 0.25) is 0 Å². The zero-order valence-electron chi connectivity index (χ0n) is 16.3. The third-order valence-corrected chi connectivity index (χ3v) is 6.65. The van der Waals surface area contributed by atoms with Gasteiger partial charge < -0.3 is 5.32 Å². The zero-order valence-corrected chi connectivity index (χ0v) is 19.5. The average molecular weight is 502 g/mol. The van der Waals surface area contributed by atoms with Gasteiger partial charge in [-0.2, -0.15) is 5.26 Å². The smallest absolute Gasteiger partial charge is 0.173 e. The van der Waals surface area contributed by atoms with Crippen molar-refractivity contribution in [3.63, 3.8) is 0 Å². The molecule has 1 aliphatic rings. The fourth-order valence-electron chi connectivity index (χ4n) is 3.37. The van der Waals surface area contributed by atoms with Gasteiger partial charge in [0.05, 0.1) is 28.3 Å². The number of benzene rings is 2. The number of halogens is 2. The van der Waals surface area contributed by atoms with E-state index in [1.807, 2.05) is 24.3 Å². The van der Waals surface area contributed by atoms with Crippen LogP contribution in [0.1, 0.15) is 35.7 Å². The molecule has 2 aromatic carbocycles. The van der Waals surface area contributed by atoms with E-state index in [0.29, 0.717) is 38.0 Å². The lowest BCUT2D eigenvalue weighted by Crippen LogP contribution is -2.27. The topological polar surface area (TPSA) is 70.0 Å². The normalized spacial score (nSPS) is 16.2. The predicted molar refractivity (Wildman–Crippen MR) is 124 cm³/mol. The maximum Gasteiger partial charge on any atom is 0.173 e. The summed E-state index contributed by atoms with van der Waals surface area (Å²) in [6, 6.07) is 16.6. The number of dihydropyridines is 1. The second kappa shape index (κ2) is 9.65. The molecule has 0 aromatic heterocycles. The Hall–Kier alpha value is -2.33. The summed E-state index contributed by atoms with van der Waals surface area (Å²) in [6.45, 7) is 3.28. The van der Waals surface area contributed by atoms with Crippen LogP contribution in [0.2, 0.25) is 5.02 Å². The third-order valence-electron chi connectivity index (χ3n) is 4.76. The van der Waals surface area contributed by atoms with Gasteiger partial charge in [-0.3, -0.25) is 9.59 Å². The molecule has 1 atom stereocenters. The Morgan fingerprint density at radius 1 is 1.20 bits per heavy atom. The Morgan fingerprint density at radius 2 is 1.87 bits per heavy atom. The van der Waals surface area contributed by atoms with Crippen molar-refractivity contribution in [2.75, 3.05) is 5.75 Å². The fourth-order valence-corrected chi connectivity index (χ4v) is 4.87. The number of hydrogen-bond acceptors (Lipinski definition) is 5. The van der Waals surface area contributed by atoms with Gasteiger partial charge in [0.25, 0.3) is 0 Å². The van der Waals surface area contributed by atoms with Crippen LogP contribution in [0.5, 0.6) is 0 Å². The highest BCUT2D eigenvalue weighted by Gasteiger charge is 2.34. The number of carbonyl (C=O) groups is 2. The van der Waals surface area contributed by atoms with Gasteiger partial charge >= 0.3 is 0 Å². The van der Waals surface area contributed by atoms with E-state index < -0.39 is 5.92 Å². The predicted octanol–water partition coefficient (Wildman–Crippen LogP) is 6.00. The highest BCUT2D eigenvalue weighted by Crippen LogP contribution is 2.43. The van der Waals surface area contributed by atoms with Gasteiger partial charge in [0.15, 0.2) is 11.6 Å². The van der Waals surface area contributed by atoms with Crippen molar-refractivity contribution < 1.29 is 9.59 Å². The monoisotopic (exact) mass is 500 g/mol. The number of ketones is 2. The molecule has 0 spiro atoms. The zero-order chi connectivity index (χ0) is 21.8. The maximum atomic E-state index is 12.6. The molecule has 3 rings (SSSR count). The molecular formula is C23H18BrClN2O2S. The van der Waals surface area contributed by atoms with Crippen LogP contribution in [-0.2, 0) is 4.79 Å². The molecule has 0 saturated heterocycles. The Balaban J connectivity index is 1.97. The minimum absolute atomic E-state index is 0.0487. The highest BCUT2D eigenvalue weighted by atomic mass is 79.9. The number of nitrogens with one attached hydrogen (secondary N) is 1. The lowest BCUT2D eigenvalue weighted by molar-refractivity contribution is -0.113. The molecule has 2 aromatic rings. The lowest BCUT2D eigenvalue weighted by Gasteiger charge is -2.29. The van der Waals surface area contributed by atoms with Crippen molar-refractivity contribution in [1.82, 2.24) is 5.32 Å². The molecule has 0 saturated carbocycles. The first-order valence-electron chi connectivity index (χ1n) is 9.12. The largest absolute Gasteiger partial charge is 0.353 e. The first kappa shape index (κ1) is 22.4. The molecular weight excluding hydrogens is 484 g/mol. The van der Waals surface area contributed by atoms with Crippen LogP contribution < -0.4 is 5.32 Å². The van der Waals surface area contributed by atoms with Crippen LogP contribution in [0.4, 0.5) is 0 Å². The van der Waals surface area contributed by atoms with Crippen LogP contribution in [0.15, 0.2) is 74.9 Å². The van der Waals surface area contributed by atoms with E-state index in [1.54, 1.807) is 31.2 Å². The summed E-state index contributed by atoms with van der Waals surface area (Å²) in [5.41, 5.74) is 2.83. The van der Waals surface area contributed by atoms with Crippen molar-refractivity contribution in [2.24, 2.45) is 0 Å². The summed E-state index contributed by atoms with van der Waals surface area (Å²) in [5.74, 6) is -0.597. The second-order valence-electron chi connectivity index (χ2n) is 6.75. The molecule has 1 aliphatic heterocycles. The summed E-state index contributed by atoms with van der Waals surface area (Å²) in [7, 11) is 0. The summed E-state index contributed by atoms with van der Waals surface area (Å²) >= 11 is 11.0. The van der Waals surface area contributed by atoms with E-state index in [1.165, 1.54) is 18.7 Å². The van der Waals surface area contributed by atoms with E-state index in [2.05, 4.69) is 27.3 Å². The third kappa shape index (κ3) is 4.70. The molecule has 30 heavy (non-hydrogen) atoms. The van der Waals surface area contributed by atoms with Gasteiger partial charge in [-0.25, -0.2) is 0 Å². The standard InChI is InChI=1S/C23H18BrClN2O2S/c1-13-21(14(2)28)22(17-5-3-4-6-19(17)25)18(11-26)23(27-13)30-12-20(29)15-7-9-16(24)10-8-15/h3-10,22,27H,12H2,1-2H3. The van der Waals surface area contributed by atoms with Crippen LogP contribution in [-0.4, -0.2) is 17.3 Å². The summed E-state index contributed by atoms with van der Waals surface area (Å²) in [4.78, 5) is 25.0. The Labute approximate surface area is 193 Å². The minimum atomic E-state index is -0.576. The number of thioether (sulfide) groups is 1. The first-order chi connectivity index (χ1) is 14.3. The molecule has 1 unspecified atom stereocenters. The first-order valence-corrected chi connectivity index (χ1v) is 11.3. The van der Waals surface area contributed by atoms with Crippen molar-refractivity contribution in [3.05, 3.63) is 91.0 Å². The molecule has 0 aliphatic carbocycles. The molecule has 1 N–H and O–H groups in total. The van der Waals surface area contributed by atoms with Gasteiger partial charge in [0.1, 0.15) is 0 Å². The average Bonchev–Trinajstić information content (AvgIpc) is 2.72. The number of nitrogens with zero attached hydrogens (tertiary/aromatic N) is 1. The maximum absolute atomic E-state index is 12.6. The van der Waals surface area contributed by atoms with Crippen molar-refractivity contribution in [3.8, 4) is 6.07 Å².